The predicted octanol–water partition coefficient (Wildman–Crippen LogP) is 1.33. The minimum Gasteiger partial charge on any atom is -0.484 e. The molecule has 0 aromatic heterocycles. The quantitative estimate of drug-likeness (QED) is 0.815. The van der Waals surface area contributed by atoms with E-state index in [2.05, 4.69) is 10.9 Å². The van der Waals surface area contributed by atoms with Crippen molar-refractivity contribution in [2.45, 2.75) is 6.42 Å². The average molecular weight is 309 g/mol. The molecular formula is C17H15N3O3. The maximum atomic E-state index is 11.7. The Balaban J connectivity index is 1.70. The molecular weight excluding hydrogens is 294 g/mol. The summed E-state index contributed by atoms with van der Waals surface area (Å²) in [5.74, 6) is -0.326. The number of ether oxygens (including phenoxy) is 1. The fourth-order valence-corrected chi connectivity index (χ4v) is 1.78. The highest BCUT2D eigenvalue weighted by Crippen LogP contribution is 2.11. The van der Waals surface area contributed by atoms with E-state index < -0.39 is 5.91 Å². The van der Waals surface area contributed by atoms with Crippen LogP contribution in [0.1, 0.15) is 11.1 Å². The van der Waals surface area contributed by atoms with E-state index >= 15 is 0 Å². The molecule has 0 aliphatic rings. The van der Waals surface area contributed by atoms with Gasteiger partial charge in [-0.05, 0) is 29.8 Å². The average Bonchev–Trinajstić information content (AvgIpc) is 2.59. The molecule has 0 heterocycles. The number of amides is 2. The molecule has 0 saturated heterocycles. The van der Waals surface area contributed by atoms with Crippen molar-refractivity contribution < 1.29 is 14.3 Å². The fourth-order valence-electron chi connectivity index (χ4n) is 1.78. The Hall–Kier alpha value is -3.33. The number of nitrogens with zero attached hydrogens (tertiary/aromatic N) is 1. The van der Waals surface area contributed by atoms with Crippen molar-refractivity contribution in [3.05, 3.63) is 65.7 Å². The van der Waals surface area contributed by atoms with Crippen LogP contribution in [0.4, 0.5) is 0 Å². The number of nitrogens with one attached hydrogen (secondary N) is 2. The number of hydrogen-bond acceptors (Lipinski definition) is 4. The fraction of sp³-hybridized carbons (Fsp3) is 0.118. The molecule has 6 nitrogen and oxygen atoms in total. The number of carbonyl (C=O) groups is 2. The first-order valence-corrected chi connectivity index (χ1v) is 6.92. The summed E-state index contributed by atoms with van der Waals surface area (Å²) in [5.41, 5.74) is 5.97. The molecule has 2 N–H and O–H groups in total. The monoisotopic (exact) mass is 309 g/mol. The number of hydrazine groups is 1. The minimum atomic E-state index is -0.476. The Morgan fingerprint density at radius 1 is 0.957 bits per heavy atom. The summed E-state index contributed by atoms with van der Waals surface area (Å²) in [5, 5.41) is 8.68. The van der Waals surface area contributed by atoms with Crippen LogP contribution in [0.25, 0.3) is 0 Å². The molecule has 2 aromatic carbocycles. The topological polar surface area (TPSA) is 91.2 Å². The van der Waals surface area contributed by atoms with Gasteiger partial charge in [-0.25, -0.2) is 0 Å². The molecule has 116 valence electrons. The van der Waals surface area contributed by atoms with Gasteiger partial charge in [-0.15, -0.1) is 0 Å². The van der Waals surface area contributed by atoms with E-state index in [1.54, 1.807) is 24.3 Å². The van der Waals surface area contributed by atoms with Crippen molar-refractivity contribution >= 4 is 11.8 Å². The second-order valence-corrected chi connectivity index (χ2v) is 4.68. The van der Waals surface area contributed by atoms with Crippen molar-refractivity contribution in [1.82, 2.24) is 10.9 Å². The third-order valence-corrected chi connectivity index (χ3v) is 2.90. The predicted molar refractivity (Wildman–Crippen MR) is 83.1 cm³/mol. The SMILES string of the molecule is N#Cc1ccc(OCC(=O)NNC(=O)Cc2ccccc2)cc1. The number of rotatable bonds is 5. The Labute approximate surface area is 133 Å². The molecule has 2 rings (SSSR count). The summed E-state index contributed by atoms with van der Waals surface area (Å²) in [4.78, 5) is 23.3. The van der Waals surface area contributed by atoms with E-state index in [-0.39, 0.29) is 18.9 Å². The first-order valence-electron chi connectivity index (χ1n) is 6.92. The van der Waals surface area contributed by atoms with Gasteiger partial charge in [0.15, 0.2) is 6.61 Å². The molecule has 2 amide bonds. The van der Waals surface area contributed by atoms with Gasteiger partial charge in [0, 0.05) is 0 Å². The maximum Gasteiger partial charge on any atom is 0.276 e. The first kappa shape index (κ1) is 16.0. The zero-order valence-electron chi connectivity index (χ0n) is 12.3. The molecule has 0 aliphatic carbocycles. The van der Waals surface area contributed by atoms with Crippen LogP contribution in [-0.4, -0.2) is 18.4 Å². The summed E-state index contributed by atoms with van der Waals surface area (Å²) in [7, 11) is 0. The third-order valence-electron chi connectivity index (χ3n) is 2.90. The molecule has 6 heteroatoms. The van der Waals surface area contributed by atoms with Crippen molar-refractivity contribution in [2.24, 2.45) is 0 Å². The molecule has 23 heavy (non-hydrogen) atoms. The molecule has 0 fully saturated rings. The van der Waals surface area contributed by atoms with Gasteiger partial charge in [-0.3, -0.25) is 20.4 Å². The van der Waals surface area contributed by atoms with Crippen LogP contribution in [0, 0.1) is 11.3 Å². The van der Waals surface area contributed by atoms with Crippen molar-refractivity contribution in [2.75, 3.05) is 6.61 Å². The highest BCUT2D eigenvalue weighted by Gasteiger charge is 2.06. The summed E-state index contributed by atoms with van der Waals surface area (Å²) in [6.07, 6.45) is 0.178. The van der Waals surface area contributed by atoms with Crippen LogP contribution in [0.5, 0.6) is 5.75 Å². The second-order valence-electron chi connectivity index (χ2n) is 4.68. The zero-order chi connectivity index (χ0) is 16.5. The zero-order valence-corrected chi connectivity index (χ0v) is 12.3. The lowest BCUT2D eigenvalue weighted by Crippen LogP contribution is -2.44. The van der Waals surface area contributed by atoms with Crippen LogP contribution in [0.3, 0.4) is 0 Å². The lowest BCUT2D eigenvalue weighted by Gasteiger charge is -2.09. The standard InChI is InChI=1S/C17H15N3O3/c18-11-14-6-8-15(9-7-14)23-12-17(22)20-19-16(21)10-13-4-2-1-3-5-13/h1-9H,10,12H2,(H,19,21)(H,20,22). The second kappa shape index (κ2) is 8.20. The Kier molecular flexibility index (Phi) is 5.72. The van der Waals surface area contributed by atoms with E-state index in [1.165, 1.54) is 0 Å². The summed E-state index contributed by atoms with van der Waals surface area (Å²) >= 11 is 0. The molecule has 0 atom stereocenters. The number of carbonyl (C=O) groups excluding carboxylic acids is 2. The van der Waals surface area contributed by atoms with Gasteiger partial charge in [-0.1, -0.05) is 30.3 Å². The van der Waals surface area contributed by atoms with E-state index in [0.717, 1.165) is 5.56 Å². The van der Waals surface area contributed by atoms with E-state index in [0.29, 0.717) is 11.3 Å². The summed E-state index contributed by atoms with van der Waals surface area (Å²) in [6, 6.07) is 17.6. The lowest BCUT2D eigenvalue weighted by molar-refractivity contribution is -0.129. The molecule has 0 aliphatic heterocycles. The molecule has 0 spiro atoms. The Morgan fingerprint density at radius 3 is 2.26 bits per heavy atom. The number of hydrogen-bond donors (Lipinski definition) is 2. The van der Waals surface area contributed by atoms with Crippen LogP contribution < -0.4 is 15.6 Å². The number of nitriles is 1. The lowest BCUT2D eigenvalue weighted by atomic mass is 10.1. The van der Waals surface area contributed by atoms with Crippen molar-refractivity contribution in [3.8, 4) is 11.8 Å². The van der Waals surface area contributed by atoms with Crippen LogP contribution in [0.15, 0.2) is 54.6 Å². The van der Waals surface area contributed by atoms with Gasteiger partial charge in [0.05, 0.1) is 18.1 Å². The Morgan fingerprint density at radius 2 is 1.61 bits per heavy atom. The van der Waals surface area contributed by atoms with E-state index in [9.17, 15) is 9.59 Å². The van der Waals surface area contributed by atoms with E-state index in [1.807, 2.05) is 36.4 Å². The smallest absolute Gasteiger partial charge is 0.276 e. The molecule has 0 saturated carbocycles. The largest absolute Gasteiger partial charge is 0.484 e. The van der Waals surface area contributed by atoms with Gasteiger partial charge in [-0.2, -0.15) is 5.26 Å². The highest BCUT2D eigenvalue weighted by molar-refractivity contribution is 5.83. The summed E-state index contributed by atoms with van der Waals surface area (Å²) in [6.45, 7) is -0.239. The van der Waals surface area contributed by atoms with Gasteiger partial charge in [0.2, 0.25) is 5.91 Å². The van der Waals surface area contributed by atoms with Crippen molar-refractivity contribution in [3.63, 3.8) is 0 Å². The maximum absolute atomic E-state index is 11.7. The Bertz CT molecular complexity index is 706. The van der Waals surface area contributed by atoms with Crippen LogP contribution >= 0.6 is 0 Å². The van der Waals surface area contributed by atoms with Crippen LogP contribution in [-0.2, 0) is 16.0 Å². The highest BCUT2D eigenvalue weighted by atomic mass is 16.5. The number of benzene rings is 2. The molecule has 2 aromatic rings. The van der Waals surface area contributed by atoms with Gasteiger partial charge >= 0.3 is 0 Å². The molecule has 0 unspecified atom stereocenters. The van der Waals surface area contributed by atoms with Crippen LogP contribution in [0.2, 0.25) is 0 Å². The van der Waals surface area contributed by atoms with Gasteiger partial charge < -0.3 is 4.74 Å². The van der Waals surface area contributed by atoms with E-state index in [4.69, 9.17) is 10.00 Å². The third kappa shape index (κ3) is 5.52. The molecule has 0 bridgehead atoms. The normalized spacial score (nSPS) is 9.52. The van der Waals surface area contributed by atoms with Gasteiger partial charge in [0.1, 0.15) is 5.75 Å². The van der Waals surface area contributed by atoms with Crippen molar-refractivity contribution in [1.29, 1.82) is 5.26 Å². The minimum absolute atomic E-state index is 0.178. The van der Waals surface area contributed by atoms with Gasteiger partial charge in [0.25, 0.3) is 5.91 Å². The first-order chi connectivity index (χ1) is 11.2. The molecule has 0 radical (unpaired) electrons. The summed E-state index contributed by atoms with van der Waals surface area (Å²) < 4.78 is 5.25.